The Balaban J connectivity index is 0.994. The van der Waals surface area contributed by atoms with Gasteiger partial charge in [-0.2, -0.15) is 4.89 Å². The number of hydrogen-bond acceptors (Lipinski definition) is 7. The van der Waals surface area contributed by atoms with Crippen LogP contribution >= 0.6 is 0 Å². The zero-order valence-corrected chi connectivity index (χ0v) is 30.7. The molecular formula is C42H47N7O4. The van der Waals surface area contributed by atoms with Gasteiger partial charge in [-0.15, -0.1) is 0 Å². The van der Waals surface area contributed by atoms with Crippen LogP contribution < -0.4 is 0 Å². The largest absolute Gasteiger partial charge is 0.342 e. The van der Waals surface area contributed by atoms with E-state index in [1.807, 2.05) is 59.4 Å². The van der Waals surface area contributed by atoms with Crippen molar-refractivity contribution in [2.75, 3.05) is 26.7 Å². The Kier molecular flexibility index (Phi) is 10.8. The first-order valence-electron chi connectivity index (χ1n) is 18.5. The Bertz CT molecular complexity index is 2020. The summed E-state index contributed by atoms with van der Waals surface area (Å²) in [4.78, 5) is 60.9. The van der Waals surface area contributed by atoms with E-state index in [9.17, 15) is 9.59 Å². The van der Waals surface area contributed by atoms with E-state index < -0.39 is 6.04 Å². The maximum atomic E-state index is 13.9. The zero-order chi connectivity index (χ0) is 36.9. The first-order chi connectivity index (χ1) is 25.8. The number of aromatic amines is 2. The fourth-order valence-electron chi connectivity index (χ4n) is 7.31. The second-order valence-electron chi connectivity index (χ2n) is 14.3. The van der Waals surface area contributed by atoms with Gasteiger partial charge >= 0.3 is 0 Å². The van der Waals surface area contributed by atoms with Crippen LogP contribution in [0.2, 0.25) is 0 Å². The molecule has 7 rings (SSSR count). The quantitative estimate of drug-likeness (QED) is 0.0589. The summed E-state index contributed by atoms with van der Waals surface area (Å²) in [5, 5.41) is 0. The number of nitrogens with one attached hydrogen (secondary N) is 2. The van der Waals surface area contributed by atoms with Crippen molar-refractivity contribution < 1.29 is 19.4 Å². The van der Waals surface area contributed by atoms with Gasteiger partial charge < -0.3 is 24.7 Å². The molecule has 3 aromatic carbocycles. The fraction of sp³-hybridized carbons (Fsp3) is 0.357. The third kappa shape index (κ3) is 7.80. The number of aliphatic imine (C=N–C) groups is 1. The van der Waals surface area contributed by atoms with Gasteiger partial charge in [0.15, 0.2) is 6.04 Å². The number of hydrogen-bond donors (Lipinski definition) is 2. The topological polar surface area (TPSA) is 129 Å². The molecule has 0 aliphatic carbocycles. The number of likely N-dealkylation sites (tertiary alicyclic amines) is 2. The lowest BCUT2D eigenvalue weighted by molar-refractivity contribution is -0.188. The molecule has 2 amide bonds. The molecule has 274 valence electrons. The third-order valence-electron chi connectivity index (χ3n) is 10.7. The molecule has 2 saturated heterocycles. The number of benzene rings is 3. The van der Waals surface area contributed by atoms with Crippen molar-refractivity contribution in [3.63, 3.8) is 0 Å². The summed E-state index contributed by atoms with van der Waals surface area (Å²) >= 11 is 0. The molecule has 2 aliphatic heterocycles. The molecular weight excluding hydrogens is 667 g/mol. The molecule has 0 radical (unpaired) electrons. The van der Waals surface area contributed by atoms with E-state index in [4.69, 9.17) is 14.9 Å². The van der Waals surface area contributed by atoms with Gasteiger partial charge in [-0.1, -0.05) is 99.6 Å². The van der Waals surface area contributed by atoms with E-state index in [1.54, 1.807) is 0 Å². The van der Waals surface area contributed by atoms with Crippen LogP contribution in [0.1, 0.15) is 75.2 Å². The molecule has 11 heteroatoms. The molecule has 2 N–H and O–H groups in total. The molecule has 0 bridgehead atoms. The number of amides is 2. The van der Waals surface area contributed by atoms with Crippen LogP contribution in [0, 0.1) is 11.8 Å². The highest BCUT2D eigenvalue weighted by atomic mass is 17.2. The molecule has 53 heavy (non-hydrogen) atoms. The van der Waals surface area contributed by atoms with Gasteiger partial charge in [0.05, 0.1) is 36.9 Å². The van der Waals surface area contributed by atoms with Crippen molar-refractivity contribution in [1.82, 2.24) is 29.7 Å². The molecule has 2 fully saturated rings. The second-order valence-corrected chi connectivity index (χ2v) is 14.3. The first kappa shape index (κ1) is 35.8. The number of carbonyl (C=O) groups excluding carboxylic acids is 2. The van der Waals surface area contributed by atoms with E-state index in [0.29, 0.717) is 19.0 Å². The lowest BCUT2D eigenvalue weighted by Gasteiger charge is -2.26. The Morgan fingerprint density at radius 3 is 2.02 bits per heavy atom. The van der Waals surface area contributed by atoms with Crippen molar-refractivity contribution in [2.24, 2.45) is 16.8 Å². The van der Waals surface area contributed by atoms with E-state index in [0.717, 1.165) is 76.7 Å². The highest BCUT2D eigenvalue weighted by Gasteiger charge is 2.36. The molecule has 4 heterocycles. The van der Waals surface area contributed by atoms with Crippen molar-refractivity contribution in [3.8, 4) is 33.6 Å². The standard InChI is InChI=1S/C42H47N7O4/c1-27(2)28(3)41(50)48-22-20-34(25-48)39-43-23-35(46-39)31-16-12-29(13-17-31)30-14-18-32(19-15-30)36-24-44-40(47-36)37-11-8-21-49(37)42(51)38(45-26-53-52-4)33-9-6-5-7-10-33/h5-7,9-10,12-19,23-24,26-28,34,37-38H,8,11,20-22,25H2,1-4H3,(H,43,46)(H,44,47)/t28-,34-,37-,38+/m0/s1. The van der Waals surface area contributed by atoms with Crippen LogP contribution in [-0.2, 0) is 19.4 Å². The highest BCUT2D eigenvalue weighted by molar-refractivity contribution is 5.85. The van der Waals surface area contributed by atoms with E-state index in [1.165, 1.54) is 13.5 Å². The summed E-state index contributed by atoms with van der Waals surface area (Å²) < 4.78 is 0. The number of rotatable bonds is 12. The van der Waals surface area contributed by atoms with E-state index in [2.05, 4.69) is 82.2 Å². The van der Waals surface area contributed by atoms with Gasteiger partial charge in [0.1, 0.15) is 11.6 Å². The lowest BCUT2D eigenvalue weighted by atomic mass is 9.97. The van der Waals surface area contributed by atoms with Crippen molar-refractivity contribution in [1.29, 1.82) is 0 Å². The Labute approximate surface area is 310 Å². The summed E-state index contributed by atoms with van der Waals surface area (Å²) in [6.07, 6.45) is 7.51. The summed E-state index contributed by atoms with van der Waals surface area (Å²) in [6.45, 7) is 8.35. The van der Waals surface area contributed by atoms with E-state index >= 15 is 0 Å². The zero-order valence-electron chi connectivity index (χ0n) is 30.7. The number of nitrogens with zero attached hydrogens (tertiary/aromatic N) is 5. The van der Waals surface area contributed by atoms with Crippen LogP contribution in [0.5, 0.6) is 0 Å². The Morgan fingerprint density at radius 1 is 0.792 bits per heavy atom. The van der Waals surface area contributed by atoms with Gasteiger partial charge in [-0.05, 0) is 53.0 Å². The summed E-state index contributed by atoms with van der Waals surface area (Å²) in [5.74, 6) is 2.43. The van der Waals surface area contributed by atoms with Gasteiger partial charge in [0.2, 0.25) is 12.3 Å². The predicted octanol–water partition coefficient (Wildman–Crippen LogP) is 7.75. The lowest BCUT2D eigenvalue weighted by Crippen LogP contribution is -2.35. The number of H-pyrrole nitrogens is 2. The molecule has 0 unspecified atom stereocenters. The van der Waals surface area contributed by atoms with Crippen LogP contribution in [0.4, 0.5) is 0 Å². The van der Waals surface area contributed by atoms with Gasteiger partial charge in [0, 0.05) is 31.5 Å². The molecule has 2 aromatic heterocycles. The average molecular weight is 714 g/mol. The number of aromatic nitrogens is 4. The monoisotopic (exact) mass is 713 g/mol. The molecule has 11 nitrogen and oxygen atoms in total. The normalized spacial score (nSPS) is 18.6. The molecule has 0 saturated carbocycles. The van der Waals surface area contributed by atoms with Crippen molar-refractivity contribution in [2.45, 2.75) is 58.0 Å². The van der Waals surface area contributed by atoms with E-state index in [-0.39, 0.29) is 29.7 Å². The second kappa shape index (κ2) is 16.0. The summed E-state index contributed by atoms with van der Waals surface area (Å²) in [6, 6.07) is 25.4. The maximum Gasteiger partial charge on any atom is 0.252 e. The first-order valence-corrected chi connectivity index (χ1v) is 18.5. The van der Waals surface area contributed by atoms with Crippen LogP contribution in [0.25, 0.3) is 33.6 Å². The molecule has 2 aliphatic rings. The summed E-state index contributed by atoms with van der Waals surface area (Å²) in [5.41, 5.74) is 6.95. The van der Waals surface area contributed by atoms with Gasteiger partial charge in [-0.3, -0.25) is 9.59 Å². The van der Waals surface area contributed by atoms with Crippen molar-refractivity contribution in [3.05, 3.63) is 108 Å². The Hall–Kier alpha value is -5.55. The van der Waals surface area contributed by atoms with Gasteiger partial charge in [-0.25, -0.2) is 15.0 Å². The molecule has 0 spiro atoms. The third-order valence-corrected chi connectivity index (χ3v) is 10.7. The highest BCUT2D eigenvalue weighted by Crippen LogP contribution is 2.36. The molecule has 4 atom stereocenters. The van der Waals surface area contributed by atoms with Crippen molar-refractivity contribution >= 4 is 18.2 Å². The minimum Gasteiger partial charge on any atom is -0.342 e. The van der Waals surface area contributed by atoms with Crippen LogP contribution in [0.15, 0.2) is 96.2 Å². The Morgan fingerprint density at radius 2 is 1.40 bits per heavy atom. The number of imidazole rings is 2. The smallest absolute Gasteiger partial charge is 0.252 e. The maximum absolute atomic E-state index is 13.9. The molecule has 5 aromatic rings. The fourth-order valence-corrected chi connectivity index (χ4v) is 7.31. The van der Waals surface area contributed by atoms with Gasteiger partial charge in [0.25, 0.3) is 5.91 Å². The minimum atomic E-state index is -0.750. The minimum absolute atomic E-state index is 0.0316. The van der Waals surface area contributed by atoms with Crippen LogP contribution in [0.3, 0.4) is 0 Å². The predicted molar refractivity (Wildman–Crippen MR) is 204 cm³/mol. The SMILES string of the molecule is COOC=N[C@@H](C(=O)N1CCC[C@H]1c1ncc(-c2ccc(-c3ccc(-c4cnc([C@H]5CCN(C(=O)[C@@H](C)C(C)C)C5)[nH]4)cc3)cc2)[nH]1)c1ccccc1. The average Bonchev–Trinajstić information content (AvgIpc) is 4.03. The number of carbonyl (C=O) groups is 2. The summed E-state index contributed by atoms with van der Waals surface area (Å²) in [7, 11) is 1.39. The van der Waals surface area contributed by atoms with Crippen LogP contribution in [-0.4, -0.2) is 74.7 Å².